The molecular formula is C14H23N3O. The molecule has 0 saturated carbocycles. The van der Waals surface area contributed by atoms with Gasteiger partial charge in [0.2, 0.25) is 5.91 Å². The van der Waals surface area contributed by atoms with Gasteiger partial charge in [0.1, 0.15) is 5.41 Å². The molecule has 0 bridgehead atoms. The summed E-state index contributed by atoms with van der Waals surface area (Å²) in [5.74, 6) is 0.0570. The van der Waals surface area contributed by atoms with Crippen LogP contribution in [0.25, 0.3) is 0 Å². The fourth-order valence-electron chi connectivity index (χ4n) is 3.24. The predicted octanol–water partition coefficient (Wildman–Crippen LogP) is 1.62. The number of amides is 1. The zero-order valence-corrected chi connectivity index (χ0v) is 11.5. The van der Waals surface area contributed by atoms with Crippen molar-refractivity contribution in [2.45, 2.75) is 45.6 Å². The van der Waals surface area contributed by atoms with Crippen molar-refractivity contribution in [3.8, 4) is 6.07 Å². The maximum Gasteiger partial charge on any atom is 0.243 e. The first-order valence-corrected chi connectivity index (χ1v) is 7.11. The molecule has 0 aromatic rings. The van der Waals surface area contributed by atoms with Crippen LogP contribution in [0.15, 0.2) is 0 Å². The molecule has 100 valence electrons. The Morgan fingerprint density at radius 3 is 2.67 bits per heavy atom. The zero-order chi connectivity index (χ0) is 13.2. The van der Waals surface area contributed by atoms with Crippen LogP contribution in [0.4, 0.5) is 0 Å². The first-order valence-electron chi connectivity index (χ1n) is 7.11. The molecule has 0 spiro atoms. The third-order valence-electron chi connectivity index (χ3n) is 4.71. The summed E-state index contributed by atoms with van der Waals surface area (Å²) in [6.07, 6.45) is 3.67. The number of rotatable bonds is 3. The van der Waals surface area contributed by atoms with Gasteiger partial charge in [0.05, 0.1) is 6.07 Å². The quantitative estimate of drug-likeness (QED) is 0.763. The van der Waals surface area contributed by atoms with E-state index in [1.165, 1.54) is 19.4 Å². The van der Waals surface area contributed by atoms with Gasteiger partial charge in [0.15, 0.2) is 0 Å². The molecule has 1 atom stereocenters. The van der Waals surface area contributed by atoms with Gasteiger partial charge < -0.3 is 4.90 Å². The molecule has 4 nitrogen and oxygen atoms in total. The maximum absolute atomic E-state index is 12.6. The van der Waals surface area contributed by atoms with Crippen LogP contribution in [0.3, 0.4) is 0 Å². The van der Waals surface area contributed by atoms with E-state index in [1.54, 1.807) is 0 Å². The zero-order valence-electron chi connectivity index (χ0n) is 11.5. The Bertz CT molecular complexity index is 357. The van der Waals surface area contributed by atoms with Crippen molar-refractivity contribution in [2.24, 2.45) is 5.41 Å². The Kier molecular flexibility index (Phi) is 3.91. The Hall–Kier alpha value is -1.08. The molecule has 0 radical (unpaired) electrons. The molecule has 0 aromatic heterocycles. The van der Waals surface area contributed by atoms with E-state index in [0.29, 0.717) is 18.9 Å². The molecule has 4 heteroatoms. The van der Waals surface area contributed by atoms with Crippen LogP contribution in [-0.4, -0.2) is 47.9 Å². The normalized spacial score (nSPS) is 24.7. The lowest BCUT2D eigenvalue weighted by molar-refractivity contribution is -0.142. The van der Waals surface area contributed by atoms with E-state index in [2.05, 4.69) is 11.0 Å². The third kappa shape index (κ3) is 2.12. The van der Waals surface area contributed by atoms with E-state index in [4.69, 9.17) is 0 Å². The van der Waals surface area contributed by atoms with Crippen LogP contribution in [0, 0.1) is 16.7 Å². The molecular weight excluding hydrogens is 226 g/mol. The second-order valence-electron chi connectivity index (χ2n) is 5.48. The number of nitrogens with zero attached hydrogens (tertiary/aromatic N) is 3. The largest absolute Gasteiger partial charge is 0.338 e. The number of piperazine rings is 1. The number of nitriles is 1. The van der Waals surface area contributed by atoms with Crippen molar-refractivity contribution in [3.05, 3.63) is 0 Å². The average Bonchev–Trinajstić information content (AvgIpc) is 2.88. The third-order valence-corrected chi connectivity index (χ3v) is 4.71. The molecule has 2 fully saturated rings. The van der Waals surface area contributed by atoms with Crippen LogP contribution >= 0.6 is 0 Å². The van der Waals surface area contributed by atoms with Crippen LogP contribution in [0.5, 0.6) is 0 Å². The van der Waals surface area contributed by atoms with Gasteiger partial charge in [-0.1, -0.05) is 13.8 Å². The lowest BCUT2D eigenvalue weighted by Crippen LogP contribution is -2.55. The van der Waals surface area contributed by atoms with Gasteiger partial charge in [-0.3, -0.25) is 9.69 Å². The Morgan fingerprint density at radius 2 is 2.06 bits per heavy atom. The molecule has 18 heavy (non-hydrogen) atoms. The standard InChI is InChI=1S/C14H23N3O/c1-3-14(4-2,11-15)13(18)17-9-8-16-7-5-6-12(16)10-17/h12H,3-10H2,1-2H3. The highest BCUT2D eigenvalue weighted by molar-refractivity contribution is 5.85. The van der Waals surface area contributed by atoms with Gasteiger partial charge in [0, 0.05) is 25.7 Å². The lowest BCUT2D eigenvalue weighted by Gasteiger charge is -2.40. The van der Waals surface area contributed by atoms with Crippen molar-refractivity contribution in [2.75, 3.05) is 26.2 Å². The molecule has 2 aliphatic heterocycles. The fraction of sp³-hybridized carbons (Fsp3) is 0.857. The van der Waals surface area contributed by atoms with Gasteiger partial charge in [-0.25, -0.2) is 0 Å². The molecule has 0 aromatic carbocycles. The minimum absolute atomic E-state index is 0.0570. The average molecular weight is 249 g/mol. The van der Waals surface area contributed by atoms with E-state index in [1.807, 2.05) is 18.7 Å². The summed E-state index contributed by atoms with van der Waals surface area (Å²) in [5.41, 5.74) is -0.791. The van der Waals surface area contributed by atoms with Gasteiger partial charge >= 0.3 is 0 Å². The Morgan fingerprint density at radius 1 is 1.33 bits per heavy atom. The Labute approximate surface area is 110 Å². The van der Waals surface area contributed by atoms with Crippen LogP contribution in [0.2, 0.25) is 0 Å². The number of carbonyl (C=O) groups is 1. The topological polar surface area (TPSA) is 47.3 Å². The molecule has 0 aliphatic carbocycles. The fourth-order valence-corrected chi connectivity index (χ4v) is 3.24. The molecule has 2 saturated heterocycles. The van der Waals surface area contributed by atoms with Gasteiger partial charge in [-0.15, -0.1) is 0 Å². The summed E-state index contributed by atoms with van der Waals surface area (Å²) in [6, 6.07) is 2.80. The van der Waals surface area contributed by atoms with E-state index in [0.717, 1.165) is 19.6 Å². The number of hydrogen-bond acceptors (Lipinski definition) is 3. The lowest BCUT2D eigenvalue weighted by atomic mass is 9.82. The number of fused-ring (bicyclic) bond motifs is 1. The summed E-state index contributed by atoms with van der Waals surface area (Å²) in [5, 5.41) is 9.36. The highest BCUT2D eigenvalue weighted by atomic mass is 16.2. The smallest absolute Gasteiger partial charge is 0.243 e. The number of carbonyl (C=O) groups excluding carboxylic acids is 1. The minimum Gasteiger partial charge on any atom is -0.338 e. The highest BCUT2D eigenvalue weighted by Gasteiger charge is 2.41. The molecule has 2 heterocycles. The SMILES string of the molecule is CCC(C#N)(CC)C(=O)N1CCN2CCCC2C1. The van der Waals surface area contributed by atoms with Crippen molar-refractivity contribution >= 4 is 5.91 Å². The van der Waals surface area contributed by atoms with Gasteiger partial charge in [-0.2, -0.15) is 5.26 Å². The molecule has 1 amide bonds. The summed E-state index contributed by atoms with van der Waals surface area (Å²) < 4.78 is 0. The first kappa shape index (κ1) is 13.4. The summed E-state index contributed by atoms with van der Waals surface area (Å²) in [7, 11) is 0. The van der Waals surface area contributed by atoms with Crippen molar-refractivity contribution in [3.63, 3.8) is 0 Å². The van der Waals surface area contributed by atoms with E-state index in [-0.39, 0.29) is 5.91 Å². The van der Waals surface area contributed by atoms with Crippen LogP contribution in [0.1, 0.15) is 39.5 Å². The summed E-state index contributed by atoms with van der Waals surface area (Å²) >= 11 is 0. The summed E-state index contributed by atoms with van der Waals surface area (Å²) in [4.78, 5) is 17.0. The molecule has 2 aliphatic rings. The van der Waals surface area contributed by atoms with Crippen molar-refractivity contribution in [1.82, 2.24) is 9.80 Å². The highest BCUT2D eigenvalue weighted by Crippen LogP contribution is 2.30. The van der Waals surface area contributed by atoms with E-state index in [9.17, 15) is 10.1 Å². The minimum atomic E-state index is -0.791. The second kappa shape index (κ2) is 5.27. The first-order chi connectivity index (χ1) is 8.66. The van der Waals surface area contributed by atoms with Crippen LogP contribution in [-0.2, 0) is 4.79 Å². The molecule has 2 rings (SSSR count). The molecule has 0 N–H and O–H groups in total. The predicted molar refractivity (Wildman–Crippen MR) is 69.8 cm³/mol. The number of hydrogen-bond donors (Lipinski definition) is 0. The van der Waals surface area contributed by atoms with Gasteiger partial charge in [-0.05, 0) is 32.2 Å². The van der Waals surface area contributed by atoms with Crippen LogP contribution < -0.4 is 0 Å². The van der Waals surface area contributed by atoms with Gasteiger partial charge in [0.25, 0.3) is 0 Å². The van der Waals surface area contributed by atoms with E-state index < -0.39 is 5.41 Å². The Balaban J connectivity index is 2.07. The summed E-state index contributed by atoms with van der Waals surface area (Å²) in [6.45, 7) is 7.65. The monoisotopic (exact) mass is 249 g/mol. The second-order valence-corrected chi connectivity index (χ2v) is 5.48. The van der Waals surface area contributed by atoms with E-state index >= 15 is 0 Å². The maximum atomic E-state index is 12.6. The van der Waals surface area contributed by atoms with Crippen molar-refractivity contribution < 1.29 is 4.79 Å². The molecule has 1 unspecified atom stereocenters. The van der Waals surface area contributed by atoms with Crippen molar-refractivity contribution in [1.29, 1.82) is 5.26 Å².